The van der Waals surface area contributed by atoms with Crippen molar-refractivity contribution in [3.63, 3.8) is 0 Å². The topological polar surface area (TPSA) is 71.0 Å². The van der Waals surface area contributed by atoms with Crippen molar-refractivity contribution in [1.82, 2.24) is 19.7 Å². The van der Waals surface area contributed by atoms with E-state index in [4.69, 9.17) is 16.6 Å². The van der Waals surface area contributed by atoms with E-state index in [9.17, 15) is 4.79 Å². The van der Waals surface area contributed by atoms with Gasteiger partial charge in [0.05, 0.1) is 0 Å². The number of pyridine rings is 1. The molecule has 1 N–H and O–H groups in total. The van der Waals surface area contributed by atoms with Crippen molar-refractivity contribution < 1.29 is 4.79 Å². The van der Waals surface area contributed by atoms with Gasteiger partial charge < -0.3 is 10.2 Å². The minimum atomic E-state index is 0.0615. The molecule has 1 fully saturated rings. The van der Waals surface area contributed by atoms with Gasteiger partial charge in [0.1, 0.15) is 5.82 Å². The number of hydrogen-bond donors (Lipinski definition) is 1. The minimum absolute atomic E-state index is 0.0615. The lowest BCUT2D eigenvalue weighted by Crippen LogP contribution is -2.41. The van der Waals surface area contributed by atoms with Gasteiger partial charge in [-0.05, 0) is 42.7 Å². The first kappa shape index (κ1) is 20.8. The molecule has 4 rings (SSSR count). The molecule has 0 radical (unpaired) electrons. The fourth-order valence-electron chi connectivity index (χ4n) is 3.57. The summed E-state index contributed by atoms with van der Waals surface area (Å²) in [6, 6.07) is 13.6. The number of halogens is 1. The molecule has 2 aromatic heterocycles. The Bertz CT molecular complexity index is 955. The van der Waals surface area contributed by atoms with Crippen LogP contribution in [0.4, 0.5) is 5.13 Å². The van der Waals surface area contributed by atoms with Gasteiger partial charge in [0.25, 0.3) is 0 Å². The van der Waals surface area contributed by atoms with Gasteiger partial charge in [-0.3, -0.25) is 9.78 Å². The standard InChI is InChI=1S/C22H24ClN5OS/c23-18-6-4-16(5-7-18)15-20-26-22(30-27-20)28-13-9-17(10-14-28)21(29)25-12-8-19-3-1-2-11-24-19/h1-7,11,17H,8-10,12-15H2,(H,25,29). The number of carbonyl (C=O) groups is 1. The fourth-order valence-corrected chi connectivity index (χ4v) is 4.43. The zero-order chi connectivity index (χ0) is 20.8. The first-order valence-electron chi connectivity index (χ1n) is 10.2. The molecule has 1 aliphatic heterocycles. The maximum Gasteiger partial charge on any atom is 0.223 e. The monoisotopic (exact) mass is 441 g/mol. The summed E-state index contributed by atoms with van der Waals surface area (Å²) in [5, 5.41) is 4.73. The average Bonchev–Trinajstić information content (AvgIpc) is 3.25. The average molecular weight is 442 g/mol. The molecule has 1 aromatic carbocycles. The molecule has 0 saturated carbocycles. The lowest BCUT2D eigenvalue weighted by molar-refractivity contribution is -0.125. The number of anilines is 1. The summed E-state index contributed by atoms with van der Waals surface area (Å²) in [6.07, 6.45) is 4.90. The third kappa shape index (κ3) is 5.55. The summed E-state index contributed by atoms with van der Waals surface area (Å²) >= 11 is 7.37. The summed E-state index contributed by atoms with van der Waals surface area (Å²) < 4.78 is 4.50. The molecule has 3 heterocycles. The largest absolute Gasteiger partial charge is 0.355 e. The van der Waals surface area contributed by atoms with Crippen molar-refractivity contribution in [2.24, 2.45) is 5.92 Å². The normalized spacial score (nSPS) is 14.6. The lowest BCUT2D eigenvalue weighted by atomic mass is 9.96. The van der Waals surface area contributed by atoms with E-state index in [-0.39, 0.29) is 11.8 Å². The van der Waals surface area contributed by atoms with Crippen molar-refractivity contribution in [3.8, 4) is 0 Å². The van der Waals surface area contributed by atoms with Gasteiger partial charge in [-0.2, -0.15) is 4.37 Å². The van der Waals surface area contributed by atoms with E-state index in [0.717, 1.165) is 59.6 Å². The number of amides is 1. The Balaban J connectivity index is 1.23. The molecule has 0 unspecified atom stereocenters. The molecule has 30 heavy (non-hydrogen) atoms. The van der Waals surface area contributed by atoms with Gasteiger partial charge in [-0.15, -0.1) is 0 Å². The summed E-state index contributed by atoms with van der Waals surface area (Å²) in [5.74, 6) is 1.03. The van der Waals surface area contributed by atoms with Crippen LogP contribution in [-0.2, 0) is 17.6 Å². The predicted molar refractivity (Wildman–Crippen MR) is 120 cm³/mol. The molecule has 0 atom stereocenters. The Kier molecular flexibility index (Phi) is 6.92. The second-order valence-corrected chi connectivity index (χ2v) is 8.59. The Morgan fingerprint density at radius 1 is 1.17 bits per heavy atom. The van der Waals surface area contributed by atoms with E-state index in [1.165, 1.54) is 11.5 Å². The van der Waals surface area contributed by atoms with Crippen LogP contribution in [0.25, 0.3) is 0 Å². The molecule has 0 bridgehead atoms. The quantitative estimate of drug-likeness (QED) is 0.604. The number of rotatable bonds is 7. The maximum atomic E-state index is 12.5. The first-order chi connectivity index (χ1) is 14.7. The molecular weight excluding hydrogens is 418 g/mol. The van der Waals surface area contributed by atoms with E-state index >= 15 is 0 Å². The highest BCUT2D eigenvalue weighted by atomic mass is 35.5. The maximum absolute atomic E-state index is 12.5. The number of benzene rings is 1. The summed E-state index contributed by atoms with van der Waals surface area (Å²) in [7, 11) is 0. The summed E-state index contributed by atoms with van der Waals surface area (Å²) in [4.78, 5) is 23.7. The molecule has 8 heteroatoms. The zero-order valence-corrected chi connectivity index (χ0v) is 18.2. The van der Waals surface area contributed by atoms with E-state index in [1.54, 1.807) is 6.20 Å². The number of hydrogen-bond acceptors (Lipinski definition) is 6. The summed E-state index contributed by atoms with van der Waals surface area (Å²) in [6.45, 7) is 2.28. The van der Waals surface area contributed by atoms with E-state index in [2.05, 4.69) is 19.6 Å². The van der Waals surface area contributed by atoms with Gasteiger partial charge in [0, 0.05) is 66.8 Å². The van der Waals surface area contributed by atoms with Crippen LogP contribution in [0.1, 0.15) is 29.9 Å². The van der Waals surface area contributed by atoms with Crippen LogP contribution < -0.4 is 10.2 Å². The Morgan fingerprint density at radius 2 is 1.97 bits per heavy atom. The smallest absolute Gasteiger partial charge is 0.223 e. The molecule has 0 aliphatic carbocycles. The van der Waals surface area contributed by atoms with Gasteiger partial charge in [-0.1, -0.05) is 29.8 Å². The molecule has 6 nitrogen and oxygen atoms in total. The van der Waals surface area contributed by atoms with Crippen LogP contribution in [0.5, 0.6) is 0 Å². The van der Waals surface area contributed by atoms with Crippen LogP contribution in [0.2, 0.25) is 5.02 Å². The fraction of sp³-hybridized carbons (Fsp3) is 0.364. The number of nitrogens with one attached hydrogen (secondary N) is 1. The van der Waals surface area contributed by atoms with Crippen molar-refractivity contribution >= 4 is 34.2 Å². The SMILES string of the molecule is O=C(NCCc1ccccn1)C1CCN(c2nc(Cc3ccc(Cl)cc3)ns2)CC1. The number of carbonyl (C=O) groups excluding carboxylic acids is 1. The van der Waals surface area contributed by atoms with Crippen molar-refractivity contribution in [1.29, 1.82) is 0 Å². The Morgan fingerprint density at radius 3 is 2.70 bits per heavy atom. The highest BCUT2D eigenvalue weighted by Gasteiger charge is 2.26. The molecule has 156 valence electrons. The Hall–Kier alpha value is -2.51. The van der Waals surface area contributed by atoms with Gasteiger partial charge in [-0.25, -0.2) is 4.98 Å². The van der Waals surface area contributed by atoms with Crippen LogP contribution in [0.3, 0.4) is 0 Å². The highest BCUT2D eigenvalue weighted by Crippen LogP contribution is 2.25. The highest BCUT2D eigenvalue weighted by molar-refractivity contribution is 7.09. The van der Waals surface area contributed by atoms with Gasteiger partial charge in [0.15, 0.2) is 0 Å². The molecule has 3 aromatic rings. The van der Waals surface area contributed by atoms with Crippen LogP contribution in [0.15, 0.2) is 48.7 Å². The van der Waals surface area contributed by atoms with Crippen molar-refractivity contribution in [3.05, 3.63) is 70.8 Å². The minimum Gasteiger partial charge on any atom is -0.355 e. The molecular formula is C22H24ClN5OS. The van der Waals surface area contributed by atoms with Crippen molar-refractivity contribution in [2.45, 2.75) is 25.7 Å². The van der Waals surface area contributed by atoms with Gasteiger partial charge >= 0.3 is 0 Å². The second kappa shape index (κ2) is 10.00. The molecule has 1 saturated heterocycles. The first-order valence-corrected chi connectivity index (χ1v) is 11.3. The van der Waals surface area contributed by atoms with Crippen molar-refractivity contribution in [2.75, 3.05) is 24.5 Å². The third-order valence-electron chi connectivity index (χ3n) is 5.28. The molecule has 1 amide bonds. The second-order valence-electron chi connectivity index (χ2n) is 7.42. The predicted octanol–water partition coefficient (Wildman–Crippen LogP) is 3.75. The lowest BCUT2D eigenvalue weighted by Gasteiger charge is -2.30. The van der Waals surface area contributed by atoms with Gasteiger partial charge in [0.2, 0.25) is 11.0 Å². The third-order valence-corrected chi connectivity index (χ3v) is 6.34. The summed E-state index contributed by atoms with van der Waals surface area (Å²) in [5.41, 5.74) is 2.14. The number of piperidine rings is 1. The van der Waals surface area contributed by atoms with Crippen LogP contribution in [0, 0.1) is 5.92 Å². The van der Waals surface area contributed by atoms with Crippen LogP contribution >= 0.6 is 23.1 Å². The molecule has 1 aliphatic rings. The van der Waals surface area contributed by atoms with Crippen LogP contribution in [-0.4, -0.2) is 39.9 Å². The van der Waals surface area contributed by atoms with E-state index in [1.807, 2.05) is 42.5 Å². The van der Waals surface area contributed by atoms with E-state index < -0.39 is 0 Å². The molecule has 0 spiro atoms. The zero-order valence-electron chi connectivity index (χ0n) is 16.6. The van der Waals surface area contributed by atoms with E-state index in [0.29, 0.717) is 13.0 Å². The number of aromatic nitrogens is 3. The number of nitrogens with zero attached hydrogens (tertiary/aromatic N) is 4. The Labute approximate surface area is 185 Å².